The molecule has 1 aliphatic carbocycles. The smallest absolute Gasteiger partial charge is 0.290 e. The average Bonchev–Trinajstić information content (AvgIpc) is 2.98. The topological polar surface area (TPSA) is 55.4 Å². The Labute approximate surface area is 156 Å². The van der Waals surface area contributed by atoms with Crippen molar-refractivity contribution in [1.29, 1.82) is 0 Å². The summed E-state index contributed by atoms with van der Waals surface area (Å²) in [5.41, 5.74) is 3.78. The van der Waals surface area contributed by atoms with Crippen LogP contribution < -0.4 is 10.1 Å². The van der Waals surface area contributed by atoms with E-state index in [2.05, 4.69) is 29.6 Å². The second kappa shape index (κ2) is 7.38. The van der Waals surface area contributed by atoms with Gasteiger partial charge in [-0.05, 0) is 71.8 Å². The van der Waals surface area contributed by atoms with E-state index in [9.17, 15) is 9.59 Å². The van der Waals surface area contributed by atoms with Crippen LogP contribution in [0.3, 0.4) is 0 Å². The zero-order chi connectivity index (χ0) is 17.9. The number of carbonyl (C=O) groups excluding carboxylic acids is 2. The number of hydrogen-bond acceptors (Lipinski definition) is 4. The van der Waals surface area contributed by atoms with Gasteiger partial charge < -0.3 is 4.74 Å². The molecule has 4 nitrogen and oxygen atoms in total. The molecule has 1 fully saturated rings. The summed E-state index contributed by atoms with van der Waals surface area (Å²) >= 11 is 0.926. The standard InChI is InChI=1S/C21H19NO3S/c23-20-19(26-21(24)22-20)12-14-6-9-18(10-7-14)25-13-15-5-8-16-3-1-2-4-17(16)11-15/h1-4,6-7,9-10,12,15H,5,8,11,13H2,(H,22,23,24)/b19-12-. The van der Waals surface area contributed by atoms with Crippen LogP contribution in [0, 0.1) is 5.92 Å². The van der Waals surface area contributed by atoms with E-state index in [-0.39, 0.29) is 11.1 Å². The summed E-state index contributed by atoms with van der Waals surface area (Å²) in [6, 6.07) is 16.2. The van der Waals surface area contributed by atoms with Gasteiger partial charge in [0.2, 0.25) is 0 Å². The van der Waals surface area contributed by atoms with Crippen molar-refractivity contribution in [3.63, 3.8) is 0 Å². The third-order valence-corrected chi connectivity index (χ3v) is 5.57. The number of ether oxygens (including phenoxy) is 1. The maximum atomic E-state index is 11.6. The van der Waals surface area contributed by atoms with Crippen molar-refractivity contribution in [3.8, 4) is 5.75 Å². The average molecular weight is 365 g/mol. The molecule has 5 heteroatoms. The number of hydrogen-bond donors (Lipinski definition) is 1. The van der Waals surface area contributed by atoms with E-state index in [4.69, 9.17) is 4.74 Å². The van der Waals surface area contributed by atoms with E-state index in [0.717, 1.165) is 42.3 Å². The normalized spacial score (nSPS) is 20.8. The Morgan fingerprint density at radius 2 is 1.85 bits per heavy atom. The van der Waals surface area contributed by atoms with Gasteiger partial charge in [0, 0.05) is 0 Å². The molecule has 1 unspecified atom stereocenters. The van der Waals surface area contributed by atoms with Gasteiger partial charge in [-0.25, -0.2) is 0 Å². The number of aryl methyl sites for hydroxylation is 1. The molecule has 0 bridgehead atoms. The number of rotatable bonds is 4. The van der Waals surface area contributed by atoms with E-state index >= 15 is 0 Å². The van der Waals surface area contributed by atoms with Crippen LogP contribution in [0.4, 0.5) is 4.79 Å². The second-order valence-electron chi connectivity index (χ2n) is 6.61. The van der Waals surface area contributed by atoms with Crippen LogP contribution in [0.5, 0.6) is 5.75 Å². The fourth-order valence-electron chi connectivity index (χ4n) is 3.36. The van der Waals surface area contributed by atoms with Gasteiger partial charge >= 0.3 is 0 Å². The van der Waals surface area contributed by atoms with E-state index in [0.29, 0.717) is 17.4 Å². The number of benzene rings is 2. The van der Waals surface area contributed by atoms with Crippen molar-refractivity contribution in [3.05, 3.63) is 70.1 Å². The minimum absolute atomic E-state index is 0.324. The number of carbonyl (C=O) groups is 2. The van der Waals surface area contributed by atoms with E-state index in [1.54, 1.807) is 6.08 Å². The Balaban J connectivity index is 1.34. The van der Waals surface area contributed by atoms with Crippen LogP contribution in [0.1, 0.15) is 23.1 Å². The number of imide groups is 1. The molecule has 0 aromatic heterocycles. The van der Waals surface area contributed by atoms with Gasteiger partial charge in [0.25, 0.3) is 11.1 Å². The highest BCUT2D eigenvalue weighted by atomic mass is 32.2. The van der Waals surface area contributed by atoms with Gasteiger partial charge in [-0.15, -0.1) is 0 Å². The maximum Gasteiger partial charge on any atom is 0.290 e. The first-order valence-electron chi connectivity index (χ1n) is 8.72. The van der Waals surface area contributed by atoms with Crippen molar-refractivity contribution in [2.45, 2.75) is 19.3 Å². The molecule has 1 saturated heterocycles. The maximum absolute atomic E-state index is 11.6. The molecule has 1 heterocycles. The number of nitrogens with one attached hydrogen (secondary N) is 1. The van der Waals surface area contributed by atoms with Crippen LogP contribution >= 0.6 is 11.8 Å². The van der Waals surface area contributed by atoms with Crippen molar-refractivity contribution in [2.75, 3.05) is 6.61 Å². The Morgan fingerprint density at radius 1 is 1.08 bits per heavy atom. The fraction of sp³-hybridized carbons (Fsp3) is 0.238. The molecule has 2 aromatic rings. The molecule has 1 atom stereocenters. The predicted octanol–water partition coefficient (Wildman–Crippen LogP) is 4.19. The summed E-state index contributed by atoms with van der Waals surface area (Å²) < 4.78 is 5.96. The van der Waals surface area contributed by atoms with Crippen LogP contribution in [0.25, 0.3) is 6.08 Å². The lowest BCUT2D eigenvalue weighted by molar-refractivity contribution is -0.115. The zero-order valence-corrected chi connectivity index (χ0v) is 15.1. The highest BCUT2D eigenvalue weighted by Crippen LogP contribution is 2.28. The van der Waals surface area contributed by atoms with Crippen LogP contribution in [-0.4, -0.2) is 17.8 Å². The number of thioether (sulfide) groups is 1. The molecule has 0 radical (unpaired) electrons. The van der Waals surface area contributed by atoms with Gasteiger partial charge in [-0.1, -0.05) is 36.4 Å². The minimum atomic E-state index is -0.335. The predicted molar refractivity (Wildman–Crippen MR) is 103 cm³/mol. The Morgan fingerprint density at radius 3 is 2.58 bits per heavy atom. The third-order valence-electron chi connectivity index (χ3n) is 4.75. The summed E-state index contributed by atoms with van der Waals surface area (Å²) in [6.07, 6.45) is 5.06. The molecule has 26 heavy (non-hydrogen) atoms. The first-order chi connectivity index (χ1) is 12.7. The summed E-state index contributed by atoms with van der Waals surface area (Å²) in [4.78, 5) is 23.2. The summed E-state index contributed by atoms with van der Waals surface area (Å²) in [5, 5.41) is 1.93. The fourth-order valence-corrected chi connectivity index (χ4v) is 4.04. The van der Waals surface area contributed by atoms with Gasteiger partial charge in [-0.2, -0.15) is 0 Å². The molecular formula is C21H19NO3S. The van der Waals surface area contributed by atoms with Crippen LogP contribution in [-0.2, 0) is 17.6 Å². The molecule has 2 aromatic carbocycles. The molecule has 2 aliphatic rings. The summed E-state index contributed by atoms with van der Waals surface area (Å²) in [7, 11) is 0. The highest BCUT2D eigenvalue weighted by molar-refractivity contribution is 8.18. The molecule has 1 N–H and O–H groups in total. The lowest BCUT2D eigenvalue weighted by Gasteiger charge is -2.24. The first-order valence-corrected chi connectivity index (χ1v) is 9.53. The van der Waals surface area contributed by atoms with Crippen LogP contribution in [0.2, 0.25) is 0 Å². The Kier molecular flexibility index (Phi) is 4.80. The number of fused-ring (bicyclic) bond motifs is 1. The van der Waals surface area contributed by atoms with E-state index in [1.165, 1.54) is 11.1 Å². The largest absolute Gasteiger partial charge is 0.493 e. The third kappa shape index (κ3) is 3.83. The van der Waals surface area contributed by atoms with Gasteiger partial charge in [0.15, 0.2) is 0 Å². The Hall–Kier alpha value is -2.53. The minimum Gasteiger partial charge on any atom is -0.493 e. The SMILES string of the molecule is O=C1NC(=O)/C(=C/c2ccc(OCC3CCc4ccccc4C3)cc2)S1. The highest BCUT2D eigenvalue weighted by Gasteiger charge is 2.24. The van der Waals surface area contributed by atoms with Gasteiger partial charge in [0.1, 0.15) is 5.75 Å². The van der Waals surface area contributed by atoms with E-state index in [1.807, 2.05) is 24.3 Å². The van der Waals surface area contributed by atoms with Crippen molar-refractivity contribution in [2.24, 2.45) is 5.92 Å². The quantitative estimate of drug-likeness (QED) is 0.825. The van der Waals surface area contributed by atoms with Gasteiger partial charge in [0.05, 0.1) is 11.5 Å². The summed E-state index contributed by atoms with van der Waals surface area (Å²) in [5.74, 6) is 1.03. The lowest BCUT2D eigenvalue weighted by atomic mass is 9.84. The second-order valence-corrected chi connectivity index (χ2v) is 7.62. The summed E-state index contributed by atoms with van der Waals surface area (Å²) in [6.45, 7) is 0.710. The molecule has 4 rings (SSSR count). The van der Waals surface area contributed by atoms with Gasteiger partial charge in [-0.3, -0.25) is 14.9 Å². The molecule has 1 aliphatic heterocycles. The first kappa shape index (κ1) is 16.9. The number of amides is 2. The molecule has 0 saturated carbocycles. The molecule has 2 amide bonds. The van der Waals surface area contributed by atoms with Crippen molar-refractivity contribution >= 4 is 29.0 Å². The zero-order valence-electron chi connectivity index (χ0n) is 14.2. The van der Waals surface area contributed by atoms with Crippen molar-refractivity contribution in [1.82, 2.24) is 5.32 Å². The van der Waals surface area contributed by atoms with Crippen LogP contribution in [0.15, 0.2) is 53.4 Å². The lowest BCUT2D eigenvalue weighted by Crippen LogP contribution is -2.20. The molecule has 132 valence electrons. The van der Waals surface area contributed by atoms with E-state index < -0.39 is 0 Å². The molecular weight excluding hydrogens is 346 g/mol. The van der Waals surface area contributed by atoms with Crippen molar-refractivity contribution < 1.29 is 14.3 Å². The Bertz CT molecular complexity index is 873. The molecule has 0 spiro atoms. The monoisotopic (exact) mass is 365 g/mol.